The monoisotopic (exact) mass is 322 g/mol. The highest BCUT2D eigenvalue weighted by atomic mass is 32.2. The van der Waals surface area contributed by atoms with Crippen LogP contribution in [-0.2, 0) is 11.2 Å². The zero-order valence-corrected chi connectivity index (χ0v) is 13.4. The summed E-state index contributed by atoms with van der Waals surface area (Å²) < 4.78 is 11.1. The Labute approximate surface area is 132 Å². The molecule has 22 heavy (non-hydrogen) atoms. The van der Waals surface area contributed by atoms with Gasteiger partial charge in [-0.2, -0.15) is 0 Å². The molecule has 2 rings (SSSR count). The van der Waals surface area contributed by atoms with Crippen molar-refractivity contribution >= 4 is 17.7 Å². The minimum Gasteiger partial charge on any atom is -0.493 e. The van der Waals surface area contributed by atoms with Crippen LogP contribution in [0.4, 0.5) is 0 Å². The number of aromatic nitrogens is 2. The molecule has 0 atom stereocenters. The summed E-state index contributed by atoms with van der Waals surface area (Å²) in [6.45, 7) is 4.63. The molecule has 1 aromatic carbocycles. The van der Waals surface area contributed by atoms with E-state index in [1.54, 1.807) is 0 Å². The van der Waals surface area contributed by atoms with E-state index in [2.05, 4.69) is 16.3 Å². The van der Waals surface area contributed by atoms with Crippen molar-refractivity contribution in [3.63, 3.8) is 0 Å². The van der Waals surface area contributed by atoms with E-state index in [9.17, 15) is 4.79 Å². The van der Waals surface area contributed by atoms with Gasteiger partial charge in [0.05, 0.1) is 6.61 Å². The quantitative estimate of drug-likeness (QED) is 0.590. The number of thioether (sulfide) groups is 1. The first kappa shape index (κ1) is 16.4. The molecule has 2 aromatic rings. The minimum absolute atomic E-state index is 0.0859. The molecular formula is C15H18N2O4S. The van der Waals surface area contributed by atoms with E-state index in [1.807, 2.05) is 26.0 Å². The lowest BCUT2D eigenvalue weighted by atomic mass is 10.1. The summed E-state index contributed by atoms with van der Waals surface area (Å²) >= 11 is 1.02. The van der Waals surface area contributed by atoms with Gasteiger partial charge in [-0.05, 0) is 31.9 Å². The highest BCUT2D eigenvalue weighted by Crippen LogP contribution is 2.19. The Kier molecular flexibility index (Phi) is 5.83. The van der Waals surface area contributed by atoms with Crippen LogP contribution >= 0.6 is 11.8 Å². The van der Waals surface area contributed by atoms with Crippen LogP contribution in [0.2, 0.25) is 0 Å². The third-order valence-electron chi connectivity index (χ3n) is 2.89. The van der Waals surface area contributed by atoms with E-state index in [-0.39, 0.29) is 11.0 Å². The summed E-state index contributed by atoms with van der Waals surface area (Å²) in [5.74, 6) is 0.384. The second-order valence-corrected chi connectivity index (χ2v) is 5.79. The molecule has 0 amide bonds. The van der Waals surface area contributed by atoms with Gasteiger partial charge in [-0.15, -0.1) is 10.2 Å². The predicted molar refractivity (Wildman–Crippen MR) is 82.4 cm³/mol. The fraction of sp³-hybridized carbons (Fsp3) is 0.400. The van der Waals surface area contributed by atoms with Gasteiger partial charge in [0.1, 0.15) is 11.5 Å². The number of carboxylic acids is 1. The van der Waals surface area contributed by atoms with Gasteiger partial charge < -0.3 is 14.3 Å². The van der Waals surface area contributed by atoms with Crippen molar-refractivity contribution < 1.29 is 19.1 Å². The zero-order chi connectivity index (χ0) is 15.9. The summed E-state index contributed by atoms with van der Waals surface area (Å²) in [6, 6.07) is 6.07. The Morgan fingerprint density at radius 2 is 2.18 bits per heavy atom. The van der Waals surface area contributed by atoms with Crippen LogP contribution in [0, 0.1) is 13.8 Å². The number of aryl methyl sites for hydroxylation is 3. The highest BCUT2D eigenvalue weighted by Gasteiger charge is 2.09. The SMILES string of the molecule is Cc1ccc(OCCCc2nnc(SCC(=O)O)o2)c(C)c1. The molecule has 0 aliphatic heterocycles. The number of nitrogens with zero attached hydrogens (tertiary/aromatic N) is 2. The summed E-state index contributed by atoms with van der Waals surface area (Å²) in [5, 5.41) is 16.5. The van der Waals surface area contributed by atoms with Crippen LogP contribution in [0.5, 0.6) is 5.75 Å². The predicted octanol–water partition coefficient (Wildman–Crippen LogP) is 2.87. The molecule has 0 unspecified atom stereocenters. The van der Waals surface area contributed by atoms with Crippen LogP contribution < -0.4 is 4.74 Å². The molecule has 0 bridgehead atoms. The van der Waals surface area contributed by atoms with Crippen molar-refractivity contribution in [3.8, 4) is 5.75 Å². The number of benzene rings is 1. The molecule has 0 spiro atoms. The molecule has 0 saturated heterocycles. The first-order valence-corrected chi connectivity index (χ1v) is 7.90. The average Bonchev–Trinajstić information content (AvgIpc) is 2.91. The van der Waals surface area contributed by atoms with Gasteiger partial charge in [-0.3, -0.25) is 4.79 Å². The van der Waals surface area contributed by atoms with Gasteiger partial charge in [0.15, 0.2) is 0 Å². The second-order valence-electron chi connectivity index (χ2n) is 4.87. The van der Waals surface area contributed by atoms with E-state index >= 15 is 0 Å². The van der Waals surface area contributed by atoms with Crippen LogP contribution in [0.15, 0.2) is 27.8 Å². The molecule has 1 N–H and O–H groups in total. The number of carboxylic acid groups (broad SMARTS) is 1. The van der Waals surface area contributed by atoms with E-state index in [4.69, 9.17) is 14.3 Å². The molecule has 1 aromatic heterocycles. The number of rotatable bonds is 8. The fourth-order valence-corrected chi connectivity index (χ4v) is 2.39. The summed E-state index contributed by atoms with van der Waals surface area (Å²) in [7, 11) is 0. The Balaban J connectivity index is 1.73. The van der Waals surface area contributed by atoms with E-state index in [1.165, 1.54) is 5.56 Å². The largest absolute Gasteiger partial charge is 0.493 e. The fourth-order valence-electron chi connectivity index (χ4n) is 1.89. The molecular weight excluding hydrogens is 304 g/mol. The van der Waals surface area contributed by atoms with Crippen molar-refractivity contribution in [2.75, 3.05) is 12.4 Å². The standard InChI is InChI=1S/C15H18N2O4S/c1-10-5-6-12(11(2)8-10)20-7-3-4-13-16-17-15(21-13)22-9-14(18)19/h5-6,8H,3-4,7,9H2,1-2H3,(H,18,19). The number of hydrogen-bond acceptors (Lipinski definition) is 6. The molecule has 6 nitrogen and oxygen atoms in total. The van der Waals surface area contributed by atoms with Crippen LogP contribution in [0.3, 0.4) is 0 Å². The van der Waals surface area contributed by atoms with E-state index in [0.29, 0.717) is 18.9 Å². The lowest BCUT2D eigenvalue weighted by Gasteiger charge is -2.08. The molecule has 0 aliphatic carbocycles. The topological polar surface area (TPSA) is 85.5 Å². The third-order valence-corrected chi connectivity index (χ3v) is 3.69. The molecule has 0 fully saturated rings. The van der Waals surface area contributed by atoms with Crippen LogP contribution in [0.25, 0.3) is 0 Å². The second kappa shape index (κ2) is 7.84. The normalized spacial score (nSPS) is 10.6. The first-order valence-electron chi connectivity index (χ1n) is 6.91. The maximum atomic E-state index is 10.4. The lowest BCUT2D eigenvalue weighted by molar-refractivity contribution is -0.133. The van der Waals surface area contributed by atoms with E-state index < -0.39 is 5.97 Å². The smallest absolute Gasteiger partial charge is 0.314 e. The van der Waals surface area contributed by atoms with Gasteiger partial charge >= 0.3 is 5.97 Å². The number of aliphatic carboxylic acids is 1. The summed E-state index contributed by atoms with van der Waals surface area (Å²) in [6.07, 6.45) is 1.35. The Bertz CT molecular complexity index is 642. The Morgan fingerprint density at radius 3 is 2.91 bits per heavy atom. The summed E-state index contributed by atoms with van der Waals surface area (Å²) in [4.78, 5) is 10.4. The van der Waals surface area contributed by atoms with Gasteiger partial charge in [0.2, 0.25) is 5.89 Å². The van der Waals surface area contributed by atoms with Gasteiger partial charge in [0, 0.05) is 6.42 Å². The van der Waals surface area contributed by atoms with Crippen molar-refractivity contribution in [3.05, 3.63) is 35.2 Å². The number of carbonyl (C=O) groups is 1. The molecule has 0 aliphatic rings. The van der Waals surface area contributed by atoms with Gasteiger partial charge in [-0.25, -0.2) is 0 Å². The average molecular weight is 322 g/mol. The Morgan fingerprint density at radius 1 is 1.36 bits per heavy atom. The first-order chi connectivity index (χ1) is 10.5. The molecule has 0 radical (unpaired) electrons. The van der Waals surface area contributed by atoms with Crippen LogP contribution in [0.1, 0.15) is 23.4 Å². The zero-order valence-electron chi connectivity index (χ0n) is 12.5. The highest BCUT2D eigenvalue weighted by molar-refractivity contribution is 7.99. The minimum atomic E-state index is -0.911. The molecule has 0 saturated carbocycles. The van der Waals surface area contributed by atoms with Crippen molar-refractivity contribution in [1.29, 1.82) is 0 Å². The molecule has 7 heteroatoms. The molecule has 118 valence electrons. The molecule has 1 heterocycles. The van der Waals surface area contributed by atoms with Crippen LogP contribution in [-0.4, -0.2) is 33.6 Å². The summed E-state index contributed by atoms with van der Waals surface area (Å²) in [5.41, 5.74) is 2.33. The number of hydrogen-bond donors (Lipinski definition) is 1. The number of ether oxygens (including phenoxy) is 1. The van der Waals surface area contributed by atoms with E-state index in [0.717, 1.165) is 29.5 Å². The van der Waals surface area contributed by atoms with Crippen molar-refractivity contribution in [1.82, 2.24) is 10.2 Å². The van der Waals surface area contributed by atoms with Crippen molar-refractivity contribution in [2.45, 2.75) is 31.9 Å². The van der Waals surface area contributed by atoms with Crippen molar-refractivity contribution in [2.24, 2.45) is 0 Å². The van der Waals surface area contributed by atoms with Gasteiger partial charge in [0.25, 0.3) is 5.22 Å². The van der Waals surface area contributed by atoms with Gasteiger partial charge in [-0.1, -0.05) is 29.5 Å². The third kappa shape index (κ3) is 5.07. The Hall–Kier alpha value is -2.02. The maximum absolute atomic E-state index is 10.4. The lowest BCUT2D eigenvalue weighted by Crippen LogP contribution is -2.01. The maximum Gasteiger partial charge on any atom is 0.314 e.